The fourth-order valence-corrected chi connectivity index (χ4v) is 2.21. The van der Waals surface area contributed by atoms with Gasteiger partial charge in [-0.3, -0.25) is 14.6 Å². The molecule has 1 aromatic carbocycles. The number of unbranched alkanes of at least 4 members (excludes halogenated alkanes) is 1. The van der Waals surface area contributed by atoms with Gasteiger partial charge in [-0.05, 0) is 37.6 Å². The summed E-state index contributed by atoms with van der Waals surface area (Å²) in [6, 6.07) is 10.3. The van der Waals surface area contributed by atoms with Gasteiger partial charge in [0.1, 0.15) is 11.4 Å². The number of rotatable bonds is 8. The molecule has 6 nitrogen and oxygen atoms in total. The van der Waals surface area contributed by atoms with Crippen molar-refractivity contribution in [3.05, 3.63) is 53.9 Å². The molecule has 0 unspecified atom stereocenters. The fourth-order valence-electron chi connectivity index (χ4n) is 2.21. The summed E-state index contributed by atoms with van der Waals surface area (Å²) in [5.74, 6) is -0.0000778. The van der Waals surface area contributed by atoms with E-state index in [0.29, 0.717) is 30.2 Å². The largest absolute Gasteiger partial charge is 0.492 e. The molecule has 2 aromatic rings. The first-order chi connectivity index (χ1) is 12.2. The summed E-state index contributed by atoms with van der Waals surface area (Å²) in [5.41, 5.74) is 1.17. The zero-order valence-electron chi connectivity index (χ0n) is 14.5. The van der Waals surface area contributed by atoms with Gasteiger partial charge in [0.15, 0.2) is 0 Å². The topological polar surface area (TPSA) is 80.3 Å². The lowest BCUT2D eigenvalue weighted by molar-refractivity contribution is 0.0948. The van der Waals surface area contributed by atoms with Gasteiger partial charge in [-0.15, -0.1) is 0 Å². The first kappa shape index (κ1) is 18.4. The van der Waals surface area contributed by atoms with Crippen molar-refractivity contribution >= 4 is 17.5 Å². The standard InChI is InChI=1S/C19H23N3O3/c1-3-5-11-21-19(24)16-13-14(10-12-20-16)18(23)22-15-8-6-7-9-17(15)25-4-2/h6-10,12-13H,3-5,11H2,1-2H3,(H,21,24)(H,22,23). The van der Waals surface area contributed by atoms with E-state index in [1.807, 2.05) is 19.1 Å². The number of benzene rings is 1. The van der Waals surface area contributed by atoms with Gasteiger partial charge >= 0.3 is 0 Å². The van der Waals surface area contributed by atoms with Gasteiger partial charge in [-0.25, -0.2) is 0 Å². The molecular weight excluding hydrogens is 318 g/mol. The monoisotopic (exact) mass is 341 g/mol. The van der Waals surface area contributed by atoms with E-state index in [-0.39, 0.29) is 17.5 Å². The summed E-state index contributed by atoms with van der Waals surface area (Å²) < 4.78 is 5.50. The number of nitrogens with zero attached hydrogens (tertiary/aromatic N) is 1. The van der Waals surface area contributed by atoms with Crippen molar-refractivity contribution in [3.8, 4) is 5.75 Å². The van der Waals surface area contributed by atoms with Crippen LogP contribution in [-0.4, -0.2) is 29.9 Å². The Hall–Kier alpha value is -2.89. The molecule has 0 aliphatic carbocycles. The van der Waals surface area contributed by atoms with Gasteiger partial charge in [0.25, 0.3) is 11.8 Å². The number of ether oxygens (including phenoxy) is 1. The van der Waals surface area contributed by atoms with Crippen molar-refractivity contribution in [2.24, 2.45) is 0 Å². The van der Waals surface area contributed by atoms with Gasteiger partial charge in [0.05, 0.1) is 12.3 Å². The molecule has 1 heterocycles. The van der Waals surface area contributed by atoms with E-state index >= 15 is 0 Å². The molecule has 0 saturated heterocycles. The van der Waals surface area contributed by atoms with E-state index in [1.165, 1.54) is 12.3 Å². The lowest BCUT2D eigenvalue weighted by Gasteiger charge is -2.11. The Labute approximate surface area is 147 Å². The number of nitrogens with one attached hydrogen (secondary N) is 2. The fraction of sp³-hybridized carbons (Fsp3) is 0.316. The van der Waals surface area contributed by atoms with Crippen molar-refractivity contribution in [2.75, 3.05) is 18.5 Å². The number of carbonyl (C=O) groups excluding carboxylic acids is 2. The third-order valence-corrected chi connectivity index (χ3v) is 3.51. The van der Waals surface area contributed by atoms with Crippen LogP contribution in [0.15, 0.2) is 42.6 Å². The number of anilines is 1. The molecule has 0 saturated carbocycles. The minimum Gasteiger partial charge on any atom is -0.492 e. The maximum Gasteiger partial charge on any atom is 0.269 e. The third kappa shape index (κ3) is 5.31. The first-order valence-electron chi connectivity index (χ1n) is 8.43. The normalized spacial score (nSPS) is 10.2. The van der Waals surface area contributed by atoms with Crippen LogP contribution in [0.25, 0.3) is 0 Å². The van der Waals surface area contributed by atoms with Gasteiger partial charge in [-0.2, -0.15) is 0 Å². The van der Waals surface area contributed by atoms with Crippen LogP contribution in [0, 0.1) is 0 Å². The second kappa shape index (κ2) is 9.42. The first-order valence-corrected chi connectivity index (χ1v) is 8.43. The predicted octanol–water partition coefficient (Wildman–Crippen LogP) is 3.26. The van der Waals surface area contributed by atoms with E-state index < -0.39 is 0 Å². The van der Waals surface area contributed by atoms with Crippen molar-refractivity contribution in [3.63, 3.8) is 0 Å². The molecule has 0 spiro atoms. The van der Waals surface area contributed by atoms with Crippen LogP contribution in [0.4, 0.5) is 5.69 Å². The zero-order valence-corrected chi connectivity index (χ0v) is 14.5. The summed E-state index contributed by atoms with van der Waals surface area (Å²) >= 11 is 0. The smallest absolute Gasteiger partial charge is 0.269 e. The van der Waals surface area contributed by atoms with Crippen LogP contribution in [0.5, 0.6) is 5.75 Å². The quantitative estimate of drug-likeness (QED) is 0.722. The third-order valence-electron chi connectivity index (χ3n) is 3.51. The molecule has 2 amide bonds. The number of amides is 2. The summed E-state index contributed by atoms with van der Waals surface area (Å²) in [6.07, 6.45) is 3.35. The van der Waals surface area contributed by atoms with Crippen molar-refractivity contribution in [1.29, 1.82) is 0 Å². The molecule has 2 rings (SSSR count). The van der Waals surface area contributed by atoms with Crippen LogP contribution in [-0.2, 0) is 0 Å². The van der Waals surface area contributed by atoms with E-state index in [4.69, 9.17) is 4.74 Å². The Balaban J connectivity index is 2.10. The van der Waals surface area contributed by atoms with Crippen LogP contribution in [0.2, 0.25) is 0 Å². The molecule has 25 heavy (non-hydrogen) atoms. The average Bonchev–Trinajstić information content (AvgIpc) is 2.64. The summed E-state index contributed by atoms with van der Waals surface area (Å²) in [4.78, 5) is 28.6. The minimum atomic E-state index is -0.322. The second-order valence-electron chi connectivity index (χ2n) is 5.42. The van der Waals surface area contributed by atoms with Crippen LogP contribution >= 0.6 is 0 Å². The summed E-state index contributed by atoms with van der Waals surface area (Å²) in [7, 11) is 0. The molecule has 1 aromatic heterocycles. The van der Waals surface area contributed by atoms with E-state index in [1.54, 1.807) is 18.2 Å². The SMILES string of the molecule is CCCCNC(=O)c1cc(C(=O)Nc2ccccc2OCC)ccn1. The molecule has 0 atom stereocenters. The van der Waals surface area contributed by atoms with E-state index in [2.05, 4.69) is 22.5 Å². The zero-order chi connectivity index (χ0) is 18.1. The van der Waals surface area contributed by atoms with Gasteiger partial charge in [0, 0.05) is 18.3 Å². The van der Waals surface area contributed by atoms with Gasteiger partial charge < -0.3 is 15.4 Å². The minimum absolute atomic E-state index is 0.224. The van der Waals surface area contributed by atoms with E-state index in [0.717, 1.165) is 12.8 Å². The molecule has 0 aliphatic rings. The molecule has 0 radical (unpaired) electrons. The molecule has 0 aliphatic heterocycles. The van der Waals surface area contributed by atoms with Crippen LogP contribution < -0.4 is 15.4 Å². The molecular formula is C19H23N3O3. The highest BCUT2D eigenvalue weighted by atomic mass is 16.5. The Bertz CT molecular complexity index is 731. The van der Waals surface area contributed by atoms with Gasteiger partial charge in [0.2, 0.25) is 0 Å². The average molecular weight is 341 g/mol. The highest BCUT2D eigenvalue weighted by Crippen LogP contribution is 2.24. The molecule has 6 heteroatoms. The highest BCUT2D eigenvalue weighted by Gasteiger charge is 2.13. The number of carbonyl (C=O) groups is 2. The molecule has 2 N–H and O–H groups in total. The van der Waals surface area contributed by atoms with Crippen molar-refractivity contribution in [1.82, 2.24) is 10.3 Å². The Kier molecular flexibility index (Phi) is 6.95. The number of hydrogen-bond acceptors (Lipinski definition) is 4. The van der Waals surface area contributed by atoms with Crippen LogP contribution in [0.3, 0.4) is 0 Å². The number of pyridine rings is 1. The maximum absolute atomic E-state index is 12.5. The van der Waals surface area contributed by atoms with Crippen LogP contribution in [0.1, 0.15) is 47.5 Å². The summed E-state index contributed by atoms with van der Waals surface area (Å²) in [6.45, 7) is 5.03. The second-order valence-corrected chi connectivity index (χ2v) is 5.42. The Morgan fingerprint density at radius 3 is 2.68 bits per heavy atom. The Morgan fingerprint density at radius 2 is 1.92 bits per heavy atom. The predicted molar refractivity (Wildman–Crippen MR) is 97.0 cm³/mol. The molecule has 0 bridgehead atoms. The highest BCUT2D eigenvalue weighted by molar-refractivity contribution is 6.06. The molecule has 0 fully saturated rings. The number of aromatic nitrogens is 1. The number of para-hydroxylation sites is 2. The van der Waals surface area contributed by atoms with Crippen molar-refractivity contribution < 1.29 is 14.3 Å². The maximum atomic E-state index is 12.5. The number of hydrogen-bond donors (Lipinski definition) is 2. The lowest BCUT2D eigenvalue weighted by Crippen LogP contribution is -2.25. The summed E-state index contributed by atoms with van der Waals surface area (Å²) in [5, 5.41) is 5.60. The van der Waals surface area contributed by atoms with Crippen molar-refractivity contribution in [2.45, 2.75) is 26.7 Å². The van der Waals surface area contributed by atoms with E-state index in [9.17, 15) is 9.59 Å². The Morgan fingerprint density at radius 1 is 1.12 bits per heavy atom. The molecule has 132 valence electrons. The van der Waals surface area contributed by atoms with Gasteiger partial charge in [-0.1, -0.05) is 25.5 Å². The lowest BCUT2D eigenvalue weighted by atomic mass is 10.2.